The Morgan fingerprint density at radius 1 is 1.41 bits per heavy atom. The number of aromatic nitrogens is 1. The molecule has 2 aromatic heterocycles. The highest BCUT2D eigenvalue weighted by Gasteiger charge is 2.29. The van der Waals surface area contributed by atoms with Crippen molar-refractivity contribution in [1.29, 1.82) is 0 Å². The Labute approximate surface area is 133 Å². The summed E-state index contributed by atoms with van der Waals surface area (Å²) < 4.78 is 11.4. The van der Waals surface area contributed by atoms with Crippen LogP contribution in [0.15, 0.2) is 41.9 Å². The highest BCUT2D eigenvalue weighted by molar-refractivity contribution is 7.10. The van der Waals surface area contributed by atoms with Crippen LogP contribution in [-0.4, -0.2) is 36.3 Å². The topological polar surface area (TPSA) is 60.5 Å². The fourth-order valence-corrected chi connectivity index (χ4v) is 3.10. The van der Waals surface area contributed by atoms with Crippen molar-refractivity contribution in [3.63, 3.8) is 0 Å². The summed E-state index contributed by atoms with van der Waals surface area (Å²) in [6.07, 6.45) is 2.71. The van der Waals surface area contributed by atoms with E-state index < -0.39 is 0 Å². The van der Waals surface area contributed by atoms with Crippen LogP contribution in [0, 0.1) is 0 Å². The molecule has 1 N–H and O–H groups in total. The minimum Gasteiger partial charge on any atom is -0.472 e. The number of nitrogens with zero attached hydrogens (tertiary/aromatic N) is 1. The van der Waals surface area contributed by atoms with Gasteiger partial charge >= 0.3 is 0 Å². The molecule has 0 aromatic carbocycles. The lowest BCUT2D eigenvalue weighted by atomic mass is 10.1. The van der Waals surface area contributed by atoms with Gasteiger partial charge in [0.25, 0.3) is 0 Å². The SMILES string of the molecule is O=C(Cc1cccs1)N[C@@H]1COCC[C@H]1Oc1ccccn1. The number of rotatable bonds is 5. The molecule has 2 aromatic rings. The first-order valence-corrected chi connectivity index (χ1v) is 8.16. The minimum atomic E-state index is -0.150. The first-order chi connectivity index (χ1) is 10.8. The van der Waals surface area contributed by atoms with Crippen LogP contribution in [0.4, 0.5) is 0 Å². The van der Waals surface area contributed by atoms with Crippen LogP contribution in [0.25, 0.3) is 0 Å². The first kappa shape index (κ1) is 15.0. The normalized spacial score (nSPS) is 21.3. The Morgan fingerprint density at radius 2 is 2.36 bits per heavy atom. The van der Waals surface area contributed by atoms with Crippen LogP contribution in [0.1, 0.15) is 11.3 Å². The number of thiophene rings is 1. The van der Waals surface area contributed by atoms with Crippen molar-refractivity contribution in [2.24, 2.45) is 0 Å². The van der Waals surface area contributed by atoms with E-state index in [1.807, 2.05) is 35.7 Å². The molecule has 116 valence electrons. The van der Waals surface area contributed by atoms with Crippen molar-refractivity contribution in [2.75, 3.05) is 13.2 Å². The Morgan fingerprint density at radius 3 is 3.14 bits per heavy atom. The van der Waals surface area contributed by atoms with E-state index in [0.29, 0.717) is 25.5 Å². The van der Waals surface area contributed by atoms with Gasteiger partial charge in [0.2, 0.25) is 11.8 Å². The van der Waals surface area contributed by atoms with E-state index in [4.69, 9.17) is 9.47 Å². The number of hydrogen-bond donors (Lipinski definition) is 1. The van der Waals surface area contributed by atoms with Crippen LogP contribution < -0.4 is 10.1 Å². The number of amides is 1. The summed E-state index contributed by atoms with van der Waals surface area (Å²) in [5, 5.41) is 4.99. The predicted octanol–water partition coefficient (Wildman–Crippen LogP) is 2.04. The second-order valence-corrected chi connectivity index (χ2v) is 6.15. The van der Waals surface area contributed by atoms with E-state index in [9.17, 15) is 4.79 Å². The number of hydrogen-bond acceptors (Lipinski definition) is 5. The van der Waals surface area contributed by atoms with Gasteiger partial charge in [-0.2, -0.15) is 0 Å². The summed E-state index contributed by atoms with van der Waals surface area (Å²) in [6, 6.07) is 9.31. The number of pyridine rings is 1. The first-order valence-electron chi connectivity index (χ1n) is 7.28. The molecule has 0 aliphatic carbocycles. The Kier molecular flexibility index (Phi) is 5.03. The van der Waals surface area contributed by atoms with E-state index >= 15 is 0 Å². The molecule has 22 heavy (non-hydrogen) atoms. The molecule has 0 spiro atoms. The summed E-state index contributed by atoms with van der Waals surface area (Å²) in [5.74, 6) is 0.569. The number of ether oxygens (including phenoxy) is 2. The molecule has 1 fully saturated rings. The Hall–Kier alpha value is -1.92. The van der Waals surface area contributed by atoms with Crippen LogP contribution >= 0.6 is 11.3 Å². The lowest BCUT2D eigenvalue weighted by molar-refractivity contribution is -0.123. The third-order valence-corrected chi connectivity index (χ3v) is 4.34. The average Bonchev–Trinajstić information content (AvgIpc) is 3.03. The molecule has 0 radical (unpaired) electrons. The van der Waals surface area contributed by atoms with E-state index in [2.05, 4.69) is 10.3 Å². The third-order valence-electron chi connectivity index (χ3n) is 3.46. The van der Waals surface area contributed by atoms with Gasteiger partial charge in [-0.05, 0) is 17.5 Å². The smallest absolute Gasteiger partial charge is 0.225 e. The maximum absolute atomic E-state index is 12.1. The van der Waals surface area contributed by atoms with Crippen LogP contribution in [0.3, 0.4) is 0 Å². The van der Waals surface area contributed by atoms with Gasteiger partial charge < -0.3 is 14.8 Å². The second kappa shape index (κ2) is 7.38. The molecule has 0 unspecified atom stereocenters. The largest absolute Gasteiger partial charge is 0.472 e. The summed E-state index contributed by atoms with van der Waals surface area (Å²) >= 11 is 1.58. The maximum Gasteiger partial charge on any atom is 0.225 e. The van der Waals surface area contributed by atoms with E-state index in [0.717, 1.165) is 11.3 Å². The molecule has 3 rings (SSSR count). The molecule has 1 aliphatic heterocycles. The van der Waals surface area contributed by atoms with Gasteiger partial charge in [-0.1, -0.05) is 12.1 Å². The van der Waals surface area contributed by atoms with Gasteiger partial charge in [0.05, 0.1) is 25.7 Å². The molecular weight excluding hydrogens is 300 g/mol. The summed E-state index contributed by atoms with van der Waals surface area (Å²) in [5.41, 5.74) is 0. The summed E-state index contributed by atoms with van der Waals surface area (Å²) in [7, 11) is 0. The Bertz CT molecular complexity index is 589. The monoisotopic (exact) mass is 318 g/mol. The molecule has 0 saturated carbocycles. The number of nitrogens with one attached hydrogen (secondary N) is 1. The van der Waals surface area contributed by atoms with Crippen LogP contribution in [-0.2, 0) is 16.0 Å². The minimum absolute atomic E-state index is 0.00688. The molecule has 1 saturated heterocycles. The van der Waals surface area contributed by atoms with Crippen LogP contribution in [0.2, 0.25) is 0 Å². The van der Waals surface area contributed by atoms with Gasteiger partial charge in [-0.25, -0.2) is 4.98 Å². The quantitative estimate of drug-likeness (QED) is 0.916. The van der Waals surface area contributed by atoms with Crippen molar-refractivity contribution >= 4 is 17.2 Å². The summed E-state index contributed by atoms with van der Waals surface area (Å²) in [6.45, 7) is 1.10. The fraction of sp³-hybridized carbons (Fsp3) is 0.375. The van der Waals surface area contributed by atoms with Crippen molar-refractivity contribution < 1.29 is 14.3 Å². The molecule has 3 heterocycles. The van der Waals surface area contributed by atoms with Crippen LogP contribution in [0.5, 0.6) is 5.88 Å². The molecule has 1 amide bonds. The standard InChI is InChI=1S/C16H18N2O3S/c19-15(10-12-4-3-9-22-12)18-13-11-20-8-6-14(13)21-16-5-1-2-7-17-16/h1-5,7,9,13-14H,6,8,10-11H2,(H,18,19)/t13-,14-/m1/s1. The molecule has 5 nitrogen and oxygen atoms in total. The predicted molar refractivity (Wildman–Crippen MR) is 84.0 cm³/mol. The van der Waals surface area contributed by atoms with Gasteiger partial charge in [0, 0.05) is 23.6 Å². The van der Waals surface area contributed by atoms with Crippen molar-refractivity contribution in [2.45, 2.75) is 25.0 Å². The van der Waals surface area contributed by atoms with E-state index in [1.54, 1.807) is 17.5 Å². The highest BCUT2D eigenvalue weighted by atomic mass is 32.1. The molecule has 6 heteroatoms. The molecule has 2 atom stereocenters. The lowest BCUT2D eigenvalue weighted by Gasteiger charge is -2.32. The van der Waals surface area contributed by atoms with E-state index in [1.165, 1.54) is 0 Å². The molecular formula is C16H18N2O3S. The third kappa shape index (κ3) is 4.05. The second-order valence-electron chi connectivity index (χ2n) is 5.12. The lowest BCUT2D eigenvalue weighted by Crippen LogP contribution is -2.52. The van der Waals surface area contributed by atoms with E-state index in [-0.39, 0.29) is 18.1 Å². The van der Waals surface area contributed by atoms with Crippen molar-refractivity contribution in [1.82, 2.24) is 10.3 Å². The zero-order valence-corrected chi connectivity index (χ0v) is 12.9. The fourth-order valence-electron chi connectivity index (χ4n) is 2.40. The molecule has 0 bridgehead atoms. The number of carbonyl (C=O) groups excluding carboxylic acids is 1. The van der Waals surface area contributed by atoms with Crippen molar-refractivity contribution in [3.8, 4) is 5.88 Å². The number of carbonyl (C=O) groups is 1. The van der Waals surface area contributed by atoms with Gasteiger partial charge in [-0.3, -0.25) is 4.79 Å². The molecule has 1 aliphatic rings. The zero-order valence-electron chi connectivity index (χ0n) is 12.1. The Balaban J connectivity index is 1.58. The zero-order chi connectivity index (χ0) is 15.2. The van der Waals surface area contributed by atoms with Crippen molar-refractivity contribution in [3.05, 3.63) is 46.8 Å². The summed E-state index contributed by atoms with van der Waals surface area (Å²) in [4.78, 5) is 17.4. The maximum atomic E-state index is 12.1. The average molecular weight is 318 g/mol. The van der Waals surface area contributed by atoms with Gasteiger partial charge in [0.1, 0.15) is 6.10 Å². The van der Waals surface area contributed by atoms with Gasteiger partial charge in [-0.15, -0.1) is 11.3 Å². The highest BCUT2D eigenvalue weighted by Crippen LogP contribution is 2.16. The van der Waals surface area contributed by atoms with Gasteiger partial charge in [0.15, 0.2) is 0 Å².